The Kier molecular flexibility index (Phi) is 3.16. The van der Waals surface area contributed by atoms with Crippen LogP contribution in [-0.2, 0) is 9.53 Å². The molecule has 0 heterocycles. The third kappa shape index (κ3) is 3.04. The molecule has 0 bridgehead atoms. The minimum atomic E-state index is -0.513. The Bertz CT molecular complexity index is 357. The number of esters is 1. The summed E-state index contributed by atoms with van der Waals surface area (Å²) in [5.74, 6) is 4.54. The zero-order valence-electron chi connectivity index (χ0n) is 7.63. The average Bonchev–Trinajstić information content (AvgIpc) is 2.16. The molecule has 0 fully saturated rings. The van der Waals surface area contributed by atoms with Gasteiger partial charge in [-0.05, 0) is 12.1 Å². The number of benzene rings is 1. The number of rotatable bonds is 0. The van der Waals surface area contributed by atoms with Gasteiger partial charge in [-0.1, -0.05) is 23.5 Å². The Morgan fingerprint density at radius 2 is 2.00 bits per heavy atom. The van der Waals surface area contributed by atoms with Crippen LogP contribution in [0.15, 0.2) is 24.3 Å². The maximum atomic E-state index is 10.7. The largest absolute Gasteiger partial charge is 0.459 e. The van der Waals surface area contributed by atoms with Gasteiger partial charge in [0.25, 0.3) is 0 Å². The molecule has 0 aliphatic rings. The van der Waals surface area contributed by atoms with E-state index in [1.54, 1.807) is 0 Å². The van der Waals surface area contributed by atoms with Gasteiger partial charge < -0.3 is 4.74 Å². The van der Waals surface area contributed by atoms with Crippen LogP contribution in [0.2, 0.25) is 0 Å². The molecule has 1 aromatic rings. The van der Waals surface area contributed by atoms with E-state index in [1.807, 2.05) is 32.1 Å². The summed E-state index contributed by atoms with van der Waals surface area (Å²) in [5, 5.41) is 0. The van der Waals surface area contributed by atoms with Crippen molar-refractivity contribution in [2.24, 2.45) is 0 Å². The van der Waals surface area contributed by atoms with Crippen LogP contribution in [0.3, 0.4) is 0 Å². The average molecular weight is 172 g/mol. The third-order valence-corrected chi connectivity index (χ3v) is 1.55. The van der Waals surface area contributed by atoms with E-state index in [2.05, 4.69) is 16.6 Å². The van der Waals surface area contributed by atoms with Crippen LogP contribution in [0.5, 0.6) is 0 Å². The van der Waals surface area contributed by atoms with E-state index in [-0.39, 0.29) is 0 Å². The lowest BCUT2D eigenvalue weighted by Crippen LogP contribution is -1.99. The SMILES string of the molecule is Bc1ccc(C#CC(=O)OC)cc1. The lowest BCUT2D eigenvalue weighted by atomic mass is 9.95. The number of carbonyl (C=O) groups excluding carboxylic acids is 1. The van der Waals surface area contributed by atoms with E-state index in [0.29, 0.717) is 0 Å². The zero-order chi connectivity index (χ0) is 9.68. The van der Waals surface area contributed by atoms with Crippen LogP contribution in [0.1, 0.15) is 5.56 Å². The maximum absolute atomic E-state index is 10.7. The topological polar surface area (TPSA) is 26.3 Å². The van der Waals surface area contributed by atoms with Crippen molar-refractivity contribution in [2.45, 2.75) is 0 Å². The zero-order valence-corrected chi connectivity index (χ0v) is 7.63. The lowest BCUT2D eigenvalue weighted by Gasteiger charge is -1.91. The second-order valence-electron chi connectivity index (χ2n) is 2.61. The molecule has 0 spiro atoms. The molecule has 3 heteroatoms. The molecule has 0 N–H and O–H groups in total. The quantitative estimate of drug-likeness (QED) is 0.298. The Morgan fingerprint density at radius 3 is 2.54 bits per heavy atom. The second kappa shape index (κ2) is 4.37. The van der Waals surface area contributed by atoms with Gasteiger partial charge in [-0.15, -0.1) is 0 Å². The Balaban J connectivity index is 2.78. The third-order valence-electron chi connectivity index (χ3n) is 1.55. The van der Waals surface area contributed by atoms with Gasteiger partial charge in [-0.25, -0.2) is 4.79 Å². The molecular weight excluding hydrogens is 163 g/mol. The first-order valence-electron chi connectivity index (χ1n) is 3.89. The summed E-state index contributed by atoms with van der Waals surface area (Å²) in [5.41, 5.74) is 1.99. The Hall–Kier alpha value is -1.69. The van der Waals surface area contributed by atoms with Crippen molar-refractivity contribution < 1.29 is 9.53 Å². The second-order valence-corrected chi connectivity index (χ2v) is 2.61. The van der Waals surface area contributed by atoms with Gasteiger partial charge in [-0.2, -0.15) is 0 Å². The van der Waals surface area contributed by atoms with Crippen LogP contribution in [-0.4, -0.2) is 20.9 Å². The fourth-order valence-electron chi connectivity index (χ4n) is 0.811. The summed E-state index contributed by atoms with van der Waals surface area (Å²) in [6.07, 6.45) is 0. The van der Waals surface area contributed by atoms with Crippen molar-refractivity contribution in [2.75, 3.05) is 7.11 Å². The normalized spacial score (nSPS) is 8.38. The highest BCUT2D eigenvalue weighted by atomic mass is 16.5. The highest BCUT2D eigenvalue weighted by Gasteiger charge is 1.90. The Labute approximate surface area is 78.3 Å². The summed E-state index contributed by atoms with van der Waals surface area (Å²) in [6.45, 7) is 0. The maximum Gasteiger partial charge on any atom is 0.384 e. The monoisotopic (exact) mass is 172 g/mol. The number of ether oxygens (including phenoxy) is 1. The minimum Gasteiger partial charge on any atom is -0.459 e. The number of hydrogen-bond acceptors (Lipinski definition) is 2. The van der Waals surface area contributed by atoms with Gasteiger partial charge in [-0.3, -0.25) is 0 Å². The smallest absolute Gasteiger partial charge is 0.384 e. The fraction of sp³-hybridized carbons (Fsp3) is 0.100. The van der Waals surface area contributed by atoms with Gasteiger partial charge in [0.2, 0.25) is 0 Å². The Morgan fingerprint density at radius 1 is 1.38 bits per heavy atom. The van der Waals surface area contributed by atoms with E-state index in [0.717, 1.165) is 5.56 Å². The van der Waals surface area contributed by atoms with Crippen molar-refractivity contribution in [1.29, 1.82) is 0 Å². The predicted octanol–water partition coefficient (Wildman–Crippen LogP) is -0.531. The fourth-order valence-corrected chi connectivity index (χ4v) is 0.811. The first kappa shape index (κ1) is 9.40. The van der Waals surface area contributed by atoms with Crippen molar-refractivity contribution in [1.82, 2.24) is 0 Å². The molecule has 0 amide bonds. The molecule has 2 nitrogen and oxygen atoms in total. The minimum absolute atomic E-state index is 0.513. The van der Waals surface area contributed by atoms with Crippen LogP contribution in [0, 0.1) is 11.8 Å². The first-order valence-corrected chi connectivity index (χ1v) is 3.89. The predicted molar refractivity (Wildman–Crippen MR) is 53.5 cm³/mol. The summed E-state index contributed by atoms with van der Waals surface area (Å²) >= 11 is 0. The molecule has 1 aromatic carbocycles. The standard InChI is InChI=1S/C10H9BO2/c1-13-10(12)7-4-8-2-5-9(11)6-3-8/h2-3,5-6H,11H2,1H3. The van der Waals surface area contributed by atoms with E-state index >= 15 is 0 Å². The molecule has 0 aromatic heterocycles. The summed E-state index contributed by atoms with van der Waals surface area (Å²) < 4.78 is 4.38. The van der Waals surface area contributed by atoms with E-state index in [1.165, 1.54) is 12.6 Å². The number of carbonyl (C=O) groups is 1. The molecule has 0 aliphatic heterocycles. The molecule has 0 radical (unpaired) electrons. The van der Waals surface area contributed by atoms with E-state index < -0.39 is 5.97 Å². The van der Waals surface area contributed by atoms with E-state index in [9.17, 15) is 4.79 Å². The van der Waals surface area contributed by atoms with Gasteiger partial charge in [0.05, 0.1) is 7.11 Å². The highest BCUT2D eigenvalue weighted by molar-refractivity contribution is 6.32. The first-order chi connectivity index (χ1) is 6.22. The number of hydrogen-bond donors (Lipinski definition) is 0. The van der Waals surface area contributed by atoms with Gasteiger partial charge in [0, 0.05) is 11.5 Å². The van der Waals surface area contributed by atoms with Crippen LogP contribution >= 0.6 is 0 Å². The molecular formula is C10H9BO2. The molecule has 1 rings (SSSR count). The molecule has 13 heavy (non-hydrogen) atoms. The molecule has 0 saturated heterocycles. The summed E-state index contributed by atoms with van der Waals surface area (Å²) in [6, 6.07) is 7.62. The van der Waals surface area contributed by atoms with Crippen molar-refractivity contribution in [3.63, 3.8) is 0 Å². The van der Waals surface area contributed by atoms with E-state index in [4.69, 9.17) is 0 Å². The molecule has 0 atom stereocenters. The molecule has 64 valence electrons. The van der Waals surface area contributed by atoms with Gasteiger partial charge >= 0.3 is 5.97 Å². The lowest BCUT2D eigenvalue weighted by molar-refractivity contribution is -0.133. The molecule has 0 aliphatic carbocycles. The van der Waals surface area contributed by atoms with Crippen LogP contribution in [0.4, 0.5) is 0 Å². The van der Waals surface area contributed by atoms with Gasteiger partial charge in [0.15, 0.2) is 0 Å². The van der Waals surface area contributed by atoms with Crippen LogP contribution < -0.4 is 5.46 Å². The molecule has 0 saturated carbocycles. The summed E-state index contributed by atoms with van der Waals surface area (Å²) in [7, 11) is 3.31. The van der Waals surface area contributed by atoms with Gasteiger partial charge in [0.1, 0.15) is 7.85 Å². The van der Waals surface area contributed by atoms with Crippen LogP contribution in [0.25, 0.3) is 0 Å². The highest BCUT2D eigenvalue weighted by Crippen LogP contribution is 1.92. The van der Waals surface area contributed by atoms with Crippen molar-refractivity contribution in [3.8, 4) is 11.8 Å². The van der Waals surface area contributed by atoms with Crippen molar-refractivity contribution >= 4 is 19.3 Å². The number of methoxy groups -OCH3 is 1. The summed E-state index contributed by atoms with van der Waals surface area (Å²) in [4.78, 5) is 10.7. The molecule has 0 unspecified atom stereocenters. The van der Waals surface area contributed by atoms with Crippen molar-refractivity contribution in [3.05, 3.63) is 29.8 Å².